The molecule has 2 atom stereocenters. The van der Waals surface area contributed by atoms with Gasteiger partial charge in [-0.05, 0) is 55.8 Å². The molecule has 0 radical (unpaired) electrons. The zero-order chi connectivity index (χ0) is 19.4. The highest BCUT2D eigenvalue weighted by molar-refractivity contribution is 5.97. The van der Waals surface area contributed by atoms with Crippen LogP contribution in [0.15, 0.2) is 24.3 Å². The van der Waals surface area contributed by atoms with Crippen LogP contribution in [0.1, 0.15) is 52.0 Å². The summed E-state index contributed by atoms with van der Waals surface area (Å²) in [6.07, 6.45) is 4.25. The van der Waals surface area contributed by atoms with Crippen LogP contribution in [0.5, 0.6) is 0 Å². The lowest BCUT2D eigenvalue weighted by Crippen LogP contribution is -2.44. The normalized spacial score (nSPS) is 23.6. The Hall–Kier alpha value is -1.88. The maximum Gasteiger partial charge on any atom is 0.247 e. The molecule has 2 heterocycles. The molecule has 2 saturated heterocycles. The SMILES string of the molecule is CC1CCCN(Cc2ccc(NC(=O)C3CCCN3C(=O)C(C)C)cc2)C1. The van der Waals surface area contributed by atoms with E-state index in [1.165, 1.54) is 31.5 Å². The van der Waals surface area contributed by atoms with Gasteiger partial charge in [0.05, 0.1) is 0 Å². The number of likely N-dealkylation sites (tertiary alicyclic amines) is 2. The molecule has 0 aromatic heterocycles. The van der Waals surface area contributed by atoms with E-state index in [4.69, 9.17) is 0 Å². The molecule has 2 amide bonds. The van der Waals surface area contributed by atoms with Crippen molar-refractivity contribution < 1.29 is 9.59 Å². The predicted octanol–water partition coefficient (Wildman–Crippen LogP) is 3.50. The molecule has 2 fully saturated rings. The Balaban J connectivity index is 1.56. The first-order valence-electron chi connectivity index (χ1n) is 10.4. The van der Waals surface area contributed by atoms with Gasteiger partial charge in [-0.1, -0.05) is 32.9 Å². The molecule has 2 aliphatic rings. The van der Waals surface area contributed by atoms with Crippen molar-refractivity contribution in [3.05, 3.63) is 29.8 Å². The van der Waals surface area contributed by atoms with Crippen molar-refractivity contribution in [2.75, 3.05) is 25.0 Å². The van der Waals surface area contributed by atoms with Gasteiger partial charge in [-0.2, -0.15) is 0 Å². The monoisotopic (exact) mass is 371 g/mol. The molecule has 3 rings (SSSR count). The summed E-state index contributed by atoms with van der Waals surface area (Å²) in [4.78, 5) is 29.2. The molecule has 0 bridgehead atoms. The Labute approximate surface area is 163 Å². The Kier molecular flexibility index (Phi) is 6.53. The second kappa shape index (κ2) is 8.87. The van der Waals surface area contributed by atoms with Crippen molar-refractivity contribution in [3.8, 4) is 0 Å². The number of piperidine rings is 1. The lowest BCUT2D eigenvalue weighted by Gasteiger charge is -2.30. The Bertz CT molecular complexity index is 656. The molecular weight excluding hydrogens is 338 g/mol. The minimum absolute atomic E-state index is 0.0683. The summed E-state index contributed by atoms with van der Waals surface area (Å²) in [6, 6.07) is 7.81. The van der Waals surface area contributed by atoms with Crippen LogP contribution in [0.4, 0.5) is 5.69 Å². The van der Waals surface area contributed by atoms with Crippen molar-refractivity contribution in [1.82, 2.24) is 9.80 Å². The van der Waals surface area contributed by atoms with Gasteiger partial charge in [0.15, 0.2) is 0 Å². The van der Waals surface area contributed by atoms with Crippen LogP contribution in [0.3, 0.4) is 0 Å². The van der Waals surface area contributed by atoms with Gasteiger partial charge in [0.25, 0.3) is 0 Å². The number of carbonyl (C=O) groups excluding carboxylic acids is 2. The van der Waals surface area contributed by atoms with Crippen LogP contribution in [0, 0.1) is 11.8 Å². The van der Waals surface area contributed by atoms with E-state index in [9.17, 15) is 9.59 Å². The Morgan fingerprint density at radius 2 is 1.81 bits per heavy atom. The minimum Gasteiger partial charge on any atom is -0.330 e. The van der Waals surface area contributed by atoms with Gasteiger partial charge in [-0.25, -0.2) is 0 Å². The first-order valence-corrected chi connectivity index (χ1v) is 10.4. The molecule has 148 valence electrons. The first kappa shape index (κ1) is 19.9. The highest BCUT2D eigenvalue weighted by atomic mass is 16.2. The number of hydrogen-bond donors (Lipinski definition) is 1. The minimum atomic E-state index is -0.339. The van der Waals surface area contributed by atoms with Crippen molar-refractivity contribution in [2.24, 2.45) is 11.8 Å². The fraction of sp³-hybridized carbons (Fsp3) is 0.636. The van der Waals surface area contributed by atoms with Gasteiger partial charge in [0.1, 0.15) is 6.04 Å². The summed E-state index contributed by atoms with van der Waals surface area (Å²) in [7, 11) is 0. The highest BCUT2D eigenvalue weighted by Crippen LogP contribution is 2.22. The molecule has 1 aromatic carbocycles. The number of nitrogens with one attached hydrogen (secondary N) is 1. The summed E-state index contributed by atoms with van der Waals surface area (Å²) < 4.78 is 0. The zero-order valence-corrected chi connectivity index (χ0v) is 16.9. The number of carbonyl (C=O) groups is 2. The summed E-state index contributed by atoms with van der Waals surface area (Å²) in [5.74, 6) is 0.702. The zero-order valence-electron chi connectivity index (χ0n) is 16.9. The van der Waals surface area contributed by atoms with Gasteiger partial charge < -0.3 is 10.2 Å². The van der Waals surface area contributed by atoms with Crippen LogP contribution in [-0.4, -0.2) is 47.3 Å². The lowest BCUT2D eigenvalue weighted by atomic mass is 10.00. The molecule has 0 spiro atoms. The summed E-state index contributed by atoms with van der Waals surface area (Å²) in [5, 5.41) is 3.00. The van der Waals surface area contributed by atoms with E-state index in [-0.39, 0.29) is 23.8 Å². The van der Waals surface area contributed by atoms with E-state index in [0.717, 1.165) is 31.0 Å². The average molecular weight is 372 g/mol. The van der Waals surface area contributed by atoms with E-state index in [1.54, 1.807) is 4.90 Å². The molecule has 5 nitrogen and oxygen atoms in total. The third-order valence-corrected chi connectivity index (χ3v) is 5.70. The lowest BCUT2D eigenvalue weighted by molar-refractivity contribution is -0.139. The van der Waals surface area contributed by atoms with E-state index in [0.29, 0.717) is 6.54 Å². The third-order valence-electron chi connectivity index (χ3n) is 5.70. The van der Waals surface area contributed by atoms with Gasteiger partial charge in [0.2, 0.25) is 11.8 Å². The van der Waals surface area contributed by atoms with Gasteiger partial charge >= 0.3 is 0 Å². The molecule has 2 aliphatic heterocycles. The van der Waals surface area contributed by atoms with Gasteiger partial charge in [0, 0.05) is 31.2 Å². The summed E-state index contributed by atoms with van der Waals surface area (Å²) in [6.45, 7) is 10.1. The molecule has 5 heteroatoms. The van der Waals surface area contributed by atoms with Crippen LogP contribution in [0.2, 0.25) is 0 Å². The standard InChI is InChI=1S/C22H33N3O2/c1-16(2)22(27)25-13-5-7-20(25)21(26)23-19-10-8-18(9-11-19)15-24-12-4-6-17(3)14-24/h8-11,16-17,20H,4-7,12-15H2,1-3H3,(H,23,26). The summed E-state index contributed by atoms with van der Waals surface area (Å²) in [5.41, 5.74) is 2.08. The maximum atomic E-state index is 12.7. The number of nitrogens with zero attached hydrogens (tertiary/aromatic N) is 2. The predicted molar refractivity (Wildman–Crippen MR) is 108 cm³/mol. The molecule has 27 heavy (non-hydrogen) atoms. The Morgan fingerprint density at radius 3 is 2.48 bits per heavy atom. The highest BCUT2D eigenvalue weighted by Gasteiger charge is 2.34. The molecule has 1 N–H and O–H groups in total. The van der Waals surface area contributed by atoms with E-state index >= 15 is 0 Å². The van der Waals surface area contributed by atoms with Crippen LogP contribution < -0.4 is 5.32 Å². The third kappa shape index (κ3) is 5.10. The number of amides is 2. The quantitative estimate of drug-likeness (QED) is 0.862. The Morgan fingerprint density at radius 1 is 1.11 bits per heavy atom. The van der Waals surface area contributed by atoms with E-state index in [1.807, 2.05) is 26.0 Å². The topological polar surface area (TPSA) is 52.7 Å². The van der Waals surface area contributed by atoms with Crippen LogP contribution >= 0.6 is 0 Å². The second-order valence-electron chi connectivity index (χ2n) is 8.51. The molecular formula is C22H33N3O2. The molecule has 1 aromatic rings. The molecule has 0 aliphatic carbocycles. The van der Waals surface area contributed by atoms with Crippen LogP contribution in [-0.2, 0) is 16.1 Å². The number of benzene rings is 1. The smallest absolute Gasteiger partial charge is 0.247 e. The van der Waals surface area contributed by atoms with Crippen molar-refractivity contribution >= 4 is 17.5 Å². The van der Waals surface area contributed by atoms with Crippen LogP contribution in [0.25, 0.3) is 0 Å². The molecule has 2 unspecified atom stereocenters. The molecule has 0 saturated carbocycles. The van der Waals surface area contributed by atoms with Crippen molar-refractivity contribution in [1.29, 1.82) is 0 Å². The van der Waals surface area contributed by atoms with Gasteiger partial charge in [-0.3, -0.25) is 14.5 Å². The van der Waals surface area contributed by atoms with Crippen molar-refractivity contribution in [2.45, 2.75) is 59.0 Å². The van der Waals surface area contributed by atoms with Crippen molar-refractivity contribution in [3.63, 3.8) is 0 Å². The summed E-state index contributed by atoms with van der Waals surface area (Å²) >= 11 is 0. The average Bonchev–Trinajstić information content (AvgIpc) is 3.12. The first-order chi connectivity index (χ1) is 12.9. The fourth-order valence-electron chi connectivity index (χ4n) is 4.24. The maximum absolute atomic E-state index is 12.7. The number of rotatable bonds is 5. The largest absolute Gasteiger partial charge is 0.330 e. The van der Waals surface area contributed by atoms with E-state index < -0.39 is 0 Å². The number of anilines is 1. The number of hydrogen-bond acceptors (Lipinski definition) is 3. The van der Waals surface area contributed by atoms with E-state index in [2.05, 4.69) is 29.3 Å². The second-order valence-corrected chi connectivity index (χ2v) is 8.51. The fourth-order valence-corrected chi connectivity index (χ4v) is 4.24. The van der Waals surface area contributed by atoms with Gasteiger partial charge in [-0.15, -0.1) is 0 Å².